The molecule has 0 aliphatic carbocycles. The van der Waals surface area contributed by atoms with E-state index in [1.54, 1.807) is 6.07 Å². The number of rotatable bonds is 3. The molecule has 17 heavy (non-hydrogen) atoms. The predicted molar refractivity (Wildman–Crippen MR) is 65.1 cm³/mol. The van der Waals surface area contributed by atoms with E-state index in [4.69, 9.17) is 21.1 Å². The van der Waals surface area contributed by atoms with E-state index in [0.717, 1.165) is 25.0 Å². The molecule has 1 heterocycles. The average molecular weight is 259 g/mol. The Bertz CT molecular complexity index is 378. The first-order chi connectivity index (χ1) is 8.22. The Hall–Kier alpha value is -0.800. The molecule has 1 aromatic rings. The summed E-state index contributed by atoms with van der Waals surface area (Å²) in [6, 6.07) is 4.88. The highest BCUT2D eigenvalue weighted by Crippen LogP contribution is 2.35. The summed E-state index contributed by atoms with van der Waals surface area (Å²) in [7, 11) is 1.45. The Kier molecular flexibility index (Phi) is 4.24. The van der Waals surface area contributed by atoms with E-state index in [2.05, 4.69) is 0 Å². The number of methoxy groups -OCH3 is 1. The highest BCUT2D eigenvalue weighted by Gasteiger charge is 2.24. The van der Waals surface area contributed by atoms with Gasteiger partial charge in [-0.15, -0.1) is 11.6 Å². The predicted octanol–water partition coefficient (Wildman–Crippen LogP) is 3.54. The molecule has 1 aliphatic heterocycles. The molecule has 0 amide bonds. The van der Waals surface area contributed by atoms with Crippen LogP contribution in [0.1, 0.15) is 23.8 Å². The second kappa shape index (κ2) is 5.69. The van der Waals surface area contributed by atoms with Crippen molar-refractivity contribution in [3.05, 3.63) is 29.6 Å². The number of hydrogen-bond donors (Lipinski definition) is 0. The minimum atomic E-state index is -0.368. The zero-order valence-electron chi connectivity index (χ0n) is 9.79. The molecule has 0 saturated carbocycles. The highest BCUT2D eigenvalue weighted by molar-refractivity contribution is 6.21. The van der Waals surface area contributed by atoms with Gasteiger partial charge in [0.15, 0.2) is 11.6 Å². The standard InChI is InChI=1S/C13H16ClFO2/c1-16-12-5-4-9(7-11(12)15)13(14)10-3-2-6-17-8-10/h4-5,7,10,13H,2-3,6,8H2,1H3. The third kappa shape index (κ3) is 2.90. The van der Waals surface area contributed by atoms with Crippen LogP contribution in [0.15, 0.2) is 18.2 Å². The molecular formula is C13H16ClFO2. The number of hydrogen-bond acceptors (Lipinski definition) is 2. The van der Waals surface area contributed by atoms with Crippen LogP contribution in [0.5, 0.6) is 5.75 Å². The fourth-order valence-corrected chi connectivity index (χ4v) is 2.46. The van der Waals surface area contributed by atoms with Crippen LogP contribution >= 0.6 is 11.6 Å². The summed E-state index contributed by atoms with van der Waals surface area (Å²) < 4.78 is 23.8. The number of alkyl halides is 1. The summed E-state index contributed by atoms with van der Waals surface area (Å²) in [5, 5.41) is -0.198. The zero-order valence-corrected chi connectivity index (χ0v) is 10.5. The molecule has 0 radical (unpaired) electrons. The first kappa shape index (κ1) is 12.7. The van der Waals surface area contributed by atoms with Crippen molar-refractivity contribution in [2.24, 2.45) is 5.92 Å². The van der Waals surface area contributed by atoms with E-state index >= 15 is 0 Å². The molecule has 0 aromatic heterocycles. The lowest BCUT2D eigenvalue weighted by Gasteiger charge is -2.26. The molecule has 1 saturated heterocycles. The Morgan fingerprint density at radius 2 is 2.35 bits per heavy atom. The Labute approximate surface area is 106 Å². The van der Waals surface area contributed by atoms with Crippen molar-refractivity contribution in [1.29, 1.82) is 0 Å². The van der Waals surface area contributed by atoms with E-state index in [0.29, 0.717) is 6.61 Å². The van der Waals surface area contributed by atoms with Crippen LogP contribution in [0, 0.1) is 11.7 Å². The topological polar surface area (TPSA) is 18.5 Å². The SMILES string of the molecule is COc1ccc(C(Cl)C2CCCOC2)cc1F. The maximum atomic E-state index is 13.6. The van der Waals surface area contributed by atoms with Crippen molar-refractivity contribution in [3.63, 3.8) is 0 Å². The first-order valence-corrected chi connectivity index (χ1v) is 6.21. The Morgan fingerprint density at radius 1 is 1.53 bits per heavy atom. The molecule has 1 aliphatic rings. The summed E-state index contributed by atoms with van der Waals surface area (Å²) in [6.45, 7) is 1.46. The average Bonchev–Trinajstić information content (AvgIpc) is 2.39. The van der Waals surface area contributed by atoms with E-state index in [1.807, 2.05) is 6.07 Å². The van der Waals surface area contributed by atoms with Crippen LogP contribution in [0.3, 0.4) is 0 Å². The quantitative estimate of drug-likeness (QED) is 0.772. The second-order valence-corrected chi connectivity index (χ2v) is 4.74. The second-order valence-electron chi connectivity index (χ2n) is 4.27. The summed E-state index contributed by atoms with van der Waals surface area (Å²) >= 11 is 6.37. The number of halogens is 2. The monoisotopic (exact) mass is 258 g/mol. The van der Waals surface area contributed by atoms with Crippen LogP contribution in [0.2, 0.25) is 0 Å². The van der Waals surface area contributed by atoms with Gasteiger partial charge in [0.25, 0.3) is 0 Å². The largest absolute Gasteiger partial charge is 0.494 e. The maximum absolute atomic E-state index is 13.6. The van der Waals surface area contributed by atoms with Gasteiger partial charge >= 0.3 is 0 Å². The van der Waals surface area contributed by atoms with Crippen molar-refractivity contribution in [1.82, 2.24) is 0 Å². The van der Waals surface area contributed by atoms with Gasteiger partial charge in [0, 0.05) is 12.5 Å². The van der Waals surface area contributed by atoms with Crippen molar-refractivity contribution in [3.8, 4) is 5.75 Å². The van der Waals surface area contributed by atoms with Gasteiger partial charge in [-0.25, -0.2) is 4.39 Å². The molecule has 1 aromatic carbocycles. The molecule has 0 bridgehead atoms. The summed E-state index contributed by atoms with van der Waals surface area (Å²) in [6.07, 6.45) is 2.05. The van der Waals surface area contributed by atoms with Crippen LogP contribution in [0.25, 0.3) is 0 Å². The van der Waals surface area contributed by atoms with Crippen molar-refractivity contribution in [2.75, 3.05) is 20.3 Å². The van der Waals surface area contributed by atoms with Gasteiger partial charge in [0.05, 0.1) is 19.1 Å². The van der Waals surface area contributed by atoms with Crippen LogP contribution < -0.4 is 4.74 Å². The maximum Gasteiger partial charge on any atom is 0.165 e. The Morgan fingerprint density at radius 3 is 2.94 bits per heavy atom. The summed E-state index contributed by atoms with van der Waals surface area (Å²) in [4.78, 5) is 0. The minimum Gasteiger partial charge on any atom is -0.494 e. The van der Waals surface area contributed by atoms with Gasteiger partial charge in [-0.2, -0.15) is 0 Å². The number of benzene rings is 1. The third-order valence-corrected chi connectivity index (χ3v) is 3.71. The van der Waals surface area contributed by atoms with E-state index < -0.39 is 0 Å². The third-order valence-electron chi connectivity index (χ3n) is 3.10. The molecule has 2 nitrogen and oxygen atoms in total. The summed E-state index contributed by atoms with van der Waals surface area (Å²) in [5.41, 5.74) is 0.792. The molecule has 1 fully saturated rings. The van der Waals surface area contributed by atoms with Crippen LogP contribution in [-0.4, -0.2) is 20.3 Å². The first-order valence-electron chi connectivity index (χ1n) is 5.77. The van der Waals surface area contributed by atoms with Gasteiger partial charge in [-0.1, -0.05) is 6.07 Å². The van der Waals surface area contributed by atoms with Gasteiger partial charge in [0.1, 0.15) is 0 Å². The van der Waals surface area contributed by atoms with Crippen molar-refractivity contribution >= 4 is 11.6 Å². The molecule has 0 N–H and O–H groups in total. The Balaban J connectivity index is 2.12. The number of ether oxygens (including phenoxy) is 2. The minimum absolute atomic E-state index is 0.198. The molecule has 0 spiro atoms. The molecule has 2 rings (SSSR count). The molecular weight excluding hydrogens is 243 g/mol. The molecule has 2 atom stereocenters. The van der Waals surface area contributed by atoms with E-state index in [-0.39, 0.29) is 22.9 Å². The zero-order chi connectivity index (χ0) is 12.3. The smallest absolute Gasteiger partial charge is 0.165 e. The van der Waals surface area contributed by atoms with Crippen molar-refractivity contribution in [2.45, 2.75) is 18.2 Å². The normalized spacial score (nSPS) is 22.2. The molecule has 2 unspecified atom stereocenters. The van der Waals surface area contributed by atoms with Gasteiger partial charge < -0.3 is 9.47 Å². The fourth-order valence-electron chi connectivity index (χ4n) is 2.12. The van der Waals surface area contributed by atoms with Gasteiger partial charge in [-0.3, -0.25) is 0 Å². The lowest BCUT2D eigenvalue weighted by atomic mass is 9.93. The van der Waals surface area contributed by atoms with E-state index in [1.165, 1.54) is 13.2 Å². The van der Waals surface area contributed by atoms with Gasteiger partial charge in [-0.05, 0) is 30.5 Å². The lowest BCUT2D eigenvalue weighted by molar-refractivity contribution is 0.0531. The summed E-state index contributed by atoms with van der Waals surface area (Å²) in [5.74, 6) is 0.142. The van der Waals surface area contributed by atoms with Crippen molar-refractivity contribution < 1.29 is 13.9 Å². The van der Waals surface area contributed by atoms with Crippen LogP contribution in [0.4, 0.5) is 4.39 Å². The van der Waals surface area contributed by atoms with Gasteiger partial charge in [0.2, 0.25) is 0 Å². The fraction of sp³-hybridized carbons (Fsp3) is 0.538. The lowest BCUT2D eigenvalue weighted by Crippen LogP contribution is -2.21. The van der Waals surface area contributed by atoms with E-state index in [9.17, 15) is 4.39 Å². The molecule has 4 heteroatoms. The molecule has 94 valence electrons. The highest BCUT2D eigenvalue weighted by atomic mass is 35.5. The van der Waals surface area contributed by atoms with Crippen LogP contribution in [-0.2, 0) is 4.74 Å².